The van der Waals surface area contributed by atoms with E-state index in [2.05, 4.69) is 20.8 Å². The normalized spacial score (nSPS) is 10.5. The number of rotatable bonds is 5. The molecular weight excluding hydrogens is 356 g/mol. The number of hydrogen-bond donors (Lipinski definition) is 2. The average molecular weight is 373 g/mol. The molecule has 0 fully saturated rings. The first-order valence-corrected chi connectivity index (χ1v) is 8.11. The van der Waals surface area contributed by atoms with Gasteiger partial charge < -0.3 is 9.47 Å². The van der Waals surface area contributed by atoms with E-state index in [0.29, 0.717) is 28.4 Å². The van der Waals surface area contributed by atoms with Crippen molar-refractivity contribution in [2.24, 2.45) is 0 Å². The van der Waals surface area contributed by atoms with Crippen molar-refractivity contribution >= 4 is 34.2 Å². The van der Waals surface area contributed by atoms with Crippen molar-refractivity contribution in [1.29, 1.82) is 0 Å². The molecule has 1 heterocycles. The Bertz CT molecular complexity index is 956. The van der Waals surface area contributed by atoms with Crippen LogP contribution in [0.15, 0.2) is 36.4 Å². The molecule has 134 valence electrons. The number of methoxy groups -OCH3 is 2. The van der Waals surface area contributed by atoms with E-state index in [0.717, 1.165) is 10.9 Å². The first kappa shape index (κ1) is 17.8. The van der Waals surface area contributed by atoms with E-state index >= 15 is 0 Å². The summed E-state index contributed by atoms with van der Waals surface area (Å²) in [5, 5.41) is 0.832. The molecular formula is C18H17ClN4O3. The number of anilines is 1. The summed E-state index contributed by atoms with van der Waals surface area (Å²) >= 11 is 5.97. The number of aryl methyl sites for hydroxylation is 1. The van der Waals surface area contributed by atoms with Crippen LogP contribution < -0.4 is 20.3 Å². The van der Waals surface area contributed by atoms with Crippen molar-refractivity contribution in [2.75, 3.05) is 19.6 Å². The quantitative estimate of drug-likeness (QED) is 0.527. The average Bonchev–Trinajstić information content (AvgIpc) is 2.65. The summed E-state index contributed by atoms with van der Waals surface area (Å²) in [6.07, 6.45) is 0. The van der Waals surface area contributed by atoms with Crippen molar-refractivity contribution < 1.29 is 14.3 Å². The summed E-state index contributed by atoms with van der Waals surface area (Å²) in [6, 6.07) is 10.6. The van der Waals surface area contributed by atoms with Crippen LogP contribution in [-0.2, 0) is 0 Å². The predicted molar refractivity (Wildman–Crippen MR) is 99.9 cm³/mol. The molecule has 26 heavy (non-hydrogen) atoms. The van der Waals surface area contributed by atoms with Gasteiger partial charge in [-0.25, -0.2) is 4.98 Å². The lowest BCUT2D eigenvalue weighted by Gasteiger charge is -2.12. The van der Waals surface area contributed by atoms with Crippen molar-refractivity contribution in [2.45, 2.75) is 6.92 Å². The van der Waals surface area contributed by atoms with Crippen molar-refractivity contribution in [1.82, 2.24) is 15.4 Å². The van der Waals surface area contributed by atoms with E-state index in [1.165, 1.54) is 14.2 Å². The summed E-state index contributed by atoms with van der Waals surface area (Å²) in [7, 11) is 3.04. The Morgan fingerprint density at radius 3 is 2.38 bits per heavy atom. The van der Waals surface area contributed by atoms with Crippen LogP contribution in [0.5, 0.6) is 11.5 Å². The highest BCUT2D eigenvalue weighted by Crippen LogP contribution is 2.24. The second kappa shape index (κ2) is 7.45. The third-order valence-electron chi connectivity index (χ3n) is 3.73. The van der Waals surface area contributed by atoms with Gasteiger partial charge in [-0.1, -0.05) is 11.6 Å². The predicted octanol–water partition coefficient (Wildman–Crippen LogP) is 3.37. The molecule has 0 saturated heterocycles. The third-order valence-corrected chi connectivity index (χ3v) is 3.90. The van der Waals surface area contributed by atoms with E-state index < -0.39 is 0 Å². The molecule has 1 amide bonds. The maximum absolute atomic E-state index is 12.5. The SMILES string of the molecule is COc1cc(OC)cc(C(=O)NNc2nc(Cl)nc3ccc(C)cc23)c1. The van der Waals surface area contributed by atoms with Gasteiger partial charge in [0.1, 0.15) is 11.5 Å². The largest absolute Gasteiger partial charge is 0.497 e. The summed E-state index contributed by atoms with van der Waals surface area (Å²) in [5.74, 6) is 1.06. The fraction of sp³-hybridized carbons (Fsp3) is 0.167. The molecule has 0 saturated carbocycles. The van der Waals surface area contributed by atoms with Crippen molar-refractivity contribution in [3.63, 3.8) is 0 Å². The van der Waals surface area contributed by atoms with Crippen LogP contribution in [0.4, 0.5) is 5.82 Å². The van der Waals surface area contributed by atoms with Gasteiger partial charge in [-0.15, -0.1) is 0 Å². The van der Waals surface area contributed by atoms with Crippen LogP contribution in [-0.4, -0.2) is 30.1 Å². The van der Waals surface area contributed by atoms with Gasteiger partial charge in [0.15, 0.2) is 5.82 Å². The van der Waals surface area contributed by atoms with Crippen LogP contribution >= 0.6 is 11.6 Å². The Morgan fingerprint density at radius 2 is 1.73 bits per heavy atom. The minimum Gasteiger partial charge on any atom is -0.497 e. The van der Waals surface area contributed by atoms with Gasteiger partial charge in [-0.2, -0.15) is 4.98 Å². The van der Waals surface area contributed by atoms with Crippen molar-refractivity contribution in [3.05, 3.63) is 52.8 Å². The maximum Gasteiger partial charge on any atom is 0.269 e. The number of fused-ring (bicyclic) bond motifs is 1. The summed E-state index contributed by atoms with van der Waals surface area (Å²) < 4.78 is 10.4. The van der Waals surface area contributed by atoms with Gasteiger partial charge in [0.05, 0.1) is 19.7 Å². The lowest BCUT2D eigenvalue weighted by atomic mass is 10.1. The number of carbonyl (C=O) groups excluding carboxylic acids is 1. The molecule has 8 heteroatoms. The monoisotopic (exact) mass is 372 g/mol. The molecule has 0 unspecified atom stereocenters. The number of ether oxygens (including phenoxy) is 2. The second-order valence-electron chi connectivity index (χ2n) is 5.54. The van der Waals surface area contributed by atoms with Crippen LogP contribution in [0.25, 0.3) is 10.9 Å². The lowest BCUT2D eigenvalue weighted by molar-refractivity contribution is 0.0962. The number of hydrazine groups is 1. The topological polar surface area (TPSA) is 85.4 Å². The minimum atomic E-state index is -0.377. The minimum absolute atomic E-state index is 0.0844. The Morgan fingerprint density at radius 1 is 1.04 bits per heavy atom. The van der Waals surface area contributed by atoms with E-state index in [1.807, 2.05) is 25.1 Å². The maximum atomic E-state index is 12.5. The van der Waals surface area contributed by atoms with Crippen LogP contribution in [0, 0.1) is 6.92 Å². The van der Waals surface area contributed by atoms with Gasteiger partial charge in [0.25, 0.3) is 5.91 Å². The standard InChI is InChI=1S/C18H17ClN4O3/c1-10-4-5-15-14(6-10)16(21-18(19)20-15)22-23-17(24)11-7-12(25-2)9-13(8-11)26-3/h4-9H,1-3H3,(H,23,24)(H,20,21,22). The molecule has 0 aliphatic rings. The number of carbonyl (C=O) groups is 1. The van der Waals surface area contributed by atoms with Gasteiger partial charge in [-0.3, -0.25) is 15.6 Å². The molecule has 0 spiro atoms. The molecule has 2 N–H and O–H groups in total. The number of halogens is 1. The van der Waals surface area contributed by atoms with Gasteiger partial charge in [-0.05, 0) is 42.8 Å². The summed E-state index contributed by atoms with van der Waals surface area (Å²) in [6.45, 7) is 1.96. The number of benzene rings is 2. The van der Waals surface area contributed by atoms with E-state index in [-0.39, 0.29) is 11.2 Å². The van der Waals surface area contributed by atoms with Gasteiger partial charge in [0.2, 0.25) is 5.28 Å². The lowest BCUT2D eigenvalue weighted by Crippen LogP contribution is -2.30. The summed E-state index contributed by atoms with van der Waals surface area (Å²) in [4.78, 5) is 20.8. The fourth-order valence-electron chi connectivity index (χ4n) is 2.44. The zero-order valence-electron chi connectivity index (χ0n) is 14.5. The molecule has 2 aromatic carbocycles. The van der Waals surface area contributed by atoms with Gasteiger partial charge in [0, 0.05) is 17.0 Å². The summed E-state index contributed by atoms with van der Waals surface area (Å²) in [5.41, 5.74) is 7.50. The number of hydrogen-bond acceptors (Lipinski definition) is 6. The Balaban J connectivity index is 1.86. The van der Waals surface area contributed by atoms with E-state index in [1.54, 1.807) is 18.2 Å². The van der Waals surface area contributed by atoms with Crippen molar-refractivity contribution in [3.8, 4) is 11.5 Å². The van der Waals surface area contributed by atoms with Crippen LogP contribution in [0.2, 0.25) is 5.28 Å². The molecule has 7 nitrogen and oxygen atoms in total. The van der Waals surface area contributed by atoms with E-state index in [9.17, 15) is 4.79 Å². The molecule has 0 radical (unpaired) electrons. The molecule has 3 rings (SSSR count). The first-order chi connectivity index (χ1) is 12.5. The Kier molecular flexibility index (Phi) is 5.09. The zero-order chi connectivity index (χ0) is 18.7. The highest BCUT2D eigenvalue weighted by molar-refractivity contribution is 6.28. The number of aromatic nitrogens is 2. The van der Waals surface area contributed by atoms with Crippen LogP contribution in [0.1, 0.15) is 15.9 Å². The number of nitrogens with one attached hydrogen (secondary N) is 2. The Hall–Kier alpha value is -3.06. The van der Waals surface area contributed by atoms with Gasteiger partial charge >= 0.3 is 0 Å². The number of amides is 1. The second-order valence-corrected chi connectivity index (χ2v) is 5.88. The molecule has 0 aliphatic heterocycles. The molecule has 0 bridgehead atoms. The molecule has 0 atom stereocenters. The highest BCUT2D eigenvalue weighted by Gasteiger charge is 2.12. The number of nitrogens with zero attached hydrogens (tertiary/aromatic N) is 2. The fourth-order valence-corrected chi connectivity index (χ4v) is 2.61. The van der Waals surface area contributed by atoms with Crippen LogP contribution in [0.3, 0.4) is 0 Å². The zero-order valence-corrected chi connectivity index (χ0v) is 15.2. The third kappa shape index (κ3) is 3.78. The smallest absolute Gasteiger partial charge is 0.269 e. The Labute approximate surface area is 155 Å². The first-order valence-electron chi connectivity index (χ1n) is 7.73. The molecule has 0 aliphatic carbocycles. The highest BCUT2D eigenvalue weighted by atomic mass is 35.5. The molecule has 1 aromatic heterocycles. The van der Waals surface area contributed by atoms with E-state index in [4.69, 9.17) is 21.1 Å². The molecule has 3 aromatic rings.